The molecule has 0 unspecified atom stereocenters. The number of ether oxygens (including phenoxy) is 2. The van der Waals surface area contributed by atoms with Crippen LogP contribution in [-0.2, 0) is 6.54 Å². The molecule has 192 valence electrons. The van der Waals surface area contributed by atoms with Gasteiger partial charge in [-0.15, -0.1) is 0 Å². The number of anilines is 1. The zero-order valence-corrected chi connectivity index (χ0v) is 21.1. The van der Waals surface area contributed by atoms with Crippen LogP contribution in [-0.4, -0.2) is 61.2 Å². The number of nitrogens with zero attached hydrogens (tertiary/aromatic N) is 3. The normalized spacial score (nSPS) is 16.8. The van der Waals surface area contributed by atoms with Crippen LogP contribution in [0.25, 0.3) is 11.3 Å². The molecule has 1 atom stereocenters. The number of piperidine rings is 1. The van der Waals surface area contributed by atoms with Crippen molar-refractivity contribution in [3.63, 3.8) is 0 Å². The lowest BCUT2D eigenvalue weighted by molar-refractivity contribution is 0.0639. The van der Waals surface area contributed by atoms with Gasteiger partial charge in [-0.05, 0) is 62.3 Å². The fourth-order valence-corrected chi connectivity index (χ4v) is 4.92. The van der Waals surface area contributed by atoms with Crippen LogP contribution in [0.4, 0.5) is 5.88 Å². The van der Waals surface area contributed by atoms with Crippen LogP contribution >= 0.6 is 0 Å². The number of aromatic nitrogens is 1. The van der Waals surface area contributed by atoms with E-state index in [1.165, 1.54) is 32.1 Å². The third-order valence-electron chi connectivity index (χ3n) is 7.02. The summed E-state index contributed by atoms with van der Waals surface area (Å²) in [6.45, 7) is 4.41. The largest absolute Gasteiger partial charge is 0.497 e. The van der Waals surface area contributed by atoms with Crippen LogP contribution in [0, 0.1) is 5.92 Å². The van der Waals surface area contributed by atoms with Gasteiger partial charge in [0.25, 0.3) is 0 Å². The van der Waals surface area contributed by atoms with E-state index >= 15 is 0 Å². The van der Waals surface area contributed by atoms with Gasteiger partial charge in [0.1, 0.15) is 29.9 Å². The van der Waals surface area contributed by atoms with Crippen molar-refractivity contribution in [2.24, 2.45) is 5.92 Å². The van der Waals surface area contributed by atoms with Crippen LogP contribution in [0.5, 0.6) is 11.5 Å². The molecule has 0 spiro atoms. The zero-order chi connectivity index (χ0) is 24.7. The van der Waals surface area contributed by atoms with E-state index in [4.69, 9.17) is 14.0 Å². The van der Waals surface area contributed by atoms with Gasteiger partial charge >= 0.3 is 0 Å². The summed E-state index contributed by atoms with van der Waals surface area (Å²) in [6.07, 6.45) is 5.51. The van der Waals surface area contributed by atoms with E-state index in [1.807, 2.05) is 42.5 Å². The smallest absolute Gasteiger partial charge is 0.232 e. The minimum absolute atomic E-state index is 0.238. The molecule has 1 aromatic heterocycles. The number of benzene rings is 2. The minimum Gasteiger partial charge on any atom is -0.497 e. The first kappa shape index (κ1) is 24.7. The van der Waals surface area contributed by atoms with E-state index in [2.05, 4.69) is 27.1 Å². The molecular formula is C29H37N3O4. The van der Waals surface area contributed by atoms with Crippen molar-refractivity contribution in [3.8, 4) is 22.8 Å². The lowest BCUT2D eigenvalue weighted by atomic mass is 10.1. The number of rotatable bonds is 12. The molecule has 1 saturated heterocycles. The molecule has 1 aliphatic carbocycles. The van der Waals surface area contributed by atoms with E-state index in [0.717, 1.165) is 53.8 Å². The summed E-state index contributed by atoms with van der Waals surface area (Å²) in [7, 11) is 1.64. The fourth-order valence-electron chi connectivity index (χ4n) is 4.92. The molecule has 2 fully saturated rings. The Bertz CT molecular complexity index is 1080. The second-order valence-electron chi connectivity index (χ2n) is 10.0. The van der Waals surface area contributed by atoms with Gasteiger partial charge in [-0.3, -0.25) is 4.90 Å². The Morgan fingerprint density at radius 2 is 1.75 bits per heavy atom. The molecule has 36 heavy (non-hydrogen) atoms. The molecule has 7 nitrogen and oxygen atoms in total. The summed E-state index contributed by atoms with van der Waals surface area (Å²) in [4.78, 5) is 4.70. The first-order valence-corrected chi connectivity index (χ1v) is 13.2. The van der Waals surface area contributed by atoms with Crippen molar-refractivity contribution in [2.45, 2.75) is 44.8 Å². The van der Waals surface area contributed by atoms with Gasteiger partial charge in [0, 0.05) is 38.3 Å². The van der Waals surface area contributed by atoms with E-state index in [0.29, 0.717) is 19.0 Å². The van der Waals surface area contributed by atoms with Gasteiger partial charge in [-0.2, -0.15) is 0 Å². The van der Waals surface area contributed by atoms with Gasteiger partial charge in [-0.25, -0.2) is 0 Å². The molecule has 2 aromatic carbocycles. The van der Waals surface area contributed by atoms with Gasteiger partial charge < -0.3 is 24.0 Å². The zero-order valence-electron chi connectivity index (χ0n) is 21.1. The second kappa shape index (κ2) is 11.8. The summed E-state index contributed by atoms with van der Waals surface area (Å²) in [5, 5.41) is 15.4. The molecule has 0 bridgehead atoms. The molecule has 7 heteroatoms. The Morgan fingerprint density at radius 3 is 2.44 bits per heavy atom. The number of methoxy groups -OCH3 is 1. The topological polar surface area (TPSA) is 71.2 Å². The predicted molar refractivity (Wildman–Crippen MR) is 140 cm³/mol. The van der Waals surface area contributed by atoms with Gasteiger partial charge in [-0.1, -0.05) is 35.5 Å². The molecule has 5 rings (SSSR count). The highest BCUT2D eigenvalue weighted by Gasteiger charge is 2.30. The number of aliphatic hydroxyl groups is 1. The standard InChI is InChI=1S/C29H37N3O4/c1-34-25-12-14-26(15-13-25)35-21-24(33)19-31(18-22-10-11-22)20-27-28(23-8-4-2-5-9-23)30-36-29(27)32-16-6-3-7-17-32/h2,4-5,8-9,12-15,22,24,33H,3,6-7,10-11,16-21H2,1H3/t24-/m1/s1. The monoisotopic (exact) mass is 491 g/mol. The quantitative estimate of drug-likeness (QED) is 0.383. The molecule has 2 aliphatic rings. The average Bonchev–Trinajstić information content (AvgIpc) is 3.65. The Balaban J connectivity index is 1.31. The average molecular weight is 492 g/mol. The number of hydrogen-bond acceptors (Lipinski definition) is 7. The summed E-state index contributed by atoms with van der Waals surface area (Å²) >= 11 is 0. The van der Waals surface area contributed by atoms with Crippen molar-refractivity contribution in [1.82, 2.24) is 10.1 Å². The fraction of sp³-hybridized carbons (Fsp3) is 0.483. The third-order valence-corrected chi connectivity index (χ3v) is 7.02. The van der Waals surface area contributed by atoms with Crippen LogP contribution in [0.15, 0.2) is 59.1 Å². The van der Waals surface area contributed by atoms with Crippen LogP contribution < -0.4 is 14.4 Å². The maximum atomic E-state index is 10.9. The van der Waals surface area contributed by atoms with Gasteiger partial charge in [0.2, 0.25) is 5.88 Å². The molecule has 1 aliphatic heterocycles. The second-order valence-corrected chi connectivity index (χ2v) is 10.0. The number of aliphatic hydroxyl groups excluding tert-OH is 1. The Kier molecular flexibility index (Phi) is 8.08. The Hall–Kier alpha value is -3.03. The molecule has 0 amide bonds. The lowest BCUT2D eigenvalue weighted by Crippen LogP contribution is -2.37. The Labute approximate surface area is 213 Å². The first-order valence-electron chi connectivity index (χ1n) is 13.2. The highest BCUT2D eigenvalue weighted by Crippen LogP contribution is 2.36. The van der Waals surface area contributed by atoms with Crippen molar-refractivity contribution >= 4 is 5.88 Å². The van der Waals surface area contributed by atoms with Crippen molar-refractivity contribution in [2.75, 3.05) is 44.8 Å². The maximum Gasteiger partial charge on any atom is 0.232 e. The van der Waals surface area contributed by atoms with Crippen molar-refractivity contribution in [3.05, 3.63) is 60.2 Å². The first-order chi connectivity index (χ1) is 17.7. The minimum atomic E-state index is -0.607. The molecule has 2 heterocycles. The van der Waals surface area contributed by atoms with Crippen LogP contribution in [0.1, 0.15) is 37.7 Å². The highest BCUT2D eigenvalue weighted by molar-refractivity contribution is 5.68. The molecule has 1 saturated carbocycles. The van der Waals surface area contributed by atoms with Crippen LogP contribution in [0.2, 0.25) is 0 Å². The summed E-state index contributed by atoms with van der Waals surface area (Å²) in [6, 6.07) is 17.7. The molecule has 0 radical (unpaired) electrons. The molecule has 1 N–H and O–H groups in total. The van der Waals surface area contributed by atoms with E-state index in [1.54, 1.807) is 7.11 Å². The van der Waals surface area contributed by atoms with Crippen LogP contribution in [0.3, 0.4) is 0 Å². The van der Waals surface area contributed by atoms with Gasteiger partial charge in [0.15, 0.2) is 0 Å². The molecule has 3 aromatic rings. The van der Waals surface area contributed by atoms with E-state index in [-0.39, 0.29) is 6.61 Å². The Morgan fingerprint density at radius 1 is 1.03 bits per heavy atom. The van der Waals surface area contributed by atoms with Crippen molar-refractivity contribution in [1.29, 1.82) is 0 Å². The highest BCUT2D eigenvalue weighted by atomic mass is 16.5. The lowest BCUT2D eigenvalue weighted by Gasteiger charge is -2.29. The van der Waals surface area contributed by atoms with Gasteiger partial charge in [0.05, 0.1) is 12.7 Å². The summed E-state index contributed by atoms with van der Waals surface area (Å²) in [5.74, 6) is 3.09. The number of hydrogen-bond donors (Lipinski definition) is 1. The predicted octanol–water partition coefficient (Wildman–Crippen LogP) is 4.99. The molecular weight excluding hydrogens is 454 g/mol. The van der Waals surface area contributed by atoms with E-state index < -0.39 is 6.10 Å². The maximum absolute atomic E-state index is 10.9. The van der Waals surface area contributed by atoms with Crippen molar-refractivity contribution < 1.29 is 19.1 Å². The summed E-state index contributed by atoms with van der Waals surface area (Å²) in [5.41, 5.74) is 3.09. The third kappa shape index (κ3) is 6.39. The van der Waals surface area contributed by atoms with E-state index in [9.17, 15) is 5.11 Å². The summed E-state index contributed by atoms with van der Waals surface area (Å²) < 4.78 is 17.1. The SMILES string of the molecule is COc1ccc(OC[C@H](O)CN(Cc2c(-c3ccccc3)noc2N2CCCCC2)CC2CC2)cc1.